The van der Waals surface area contributed by atoms with Gasteiger partial charge in [-0.25, -0.2) is 0 Å². The fourth-order valence-electron chi connectivity index (χ4n) is 5.91. The summed E-state index contributed by atoms with van der Waals surface area (Å²) in [6.07, 6.45) is 10.7. The maximum absolute atomic E-state index is 5.01. The molecule has 1 saturated carbocycles. The van der Waals surface area contributed by atoms with Crippen molar-refractivity contribution in [1.82, 2.24) is 0 Å². The molecule has 5 atom stereocenters. The Bertz CT molecular complexity index is 471. The van der Waals surface area contributed by atoms with Crippen LogP contribution in [-0.4, -0.2) is 4.75 Å². The highest BCUT2D eigenvalue weighted by Crippen LogP contribution is 2.52. The van der Waals surface area contributed by atoms with Crippen molar-refractivity contribution in [3.63, 3.8) is 0 Å². The van der Waals surface area contributed by atoms with Crippen LogP contribution in [-0.2, 0) is 0 Å². The summed E-state index contributed by atoms with van der Waals surface area (Å²) in [4.78, 5) is 0. The van der Waals surface area contributed by atoms with E-state index < -0.39 is 0 Å². The third-order valence-electron chi connectivity index (χ3n) is 8.58. The van der Waals surface area contributed by atoms with Gasteiger partial charge < -0.3 is 0 Å². The van der Waals surface area contributed by atoms with Gasteiger partial charge in [-0.05, 0) is 84.9 Å². The SMILES string of the molecule is CCCC(C)(C)CCC(C)(C)CCC(C)(C)CC(C)C1CC(C)(S)C(C)C1C. The molecule has 1 aliphatic carbocycles. The van der Waals surface area contributed by atoms with E-state index in [4.69, 9.17) is 12.6 Å². The molecule has 0 heterocycles. The van der Waals surface area contributed by atoms with Crippen molar-refractivity contribution >= 4 is 12.6 Å². The molecular formula is C27H54S. The molecular weight excluding hydrogens is 356 g/mol. The third kappa shape index (κ3) is 7.88. The minimum atomic E-state index is 0.218. The van der Waals surface area contributed by atoms with Crippen molar-refractivity contribution < 1.29 is 0 Å². The van der Waals surface area contributed by atoms with Crippen LogP contribution >= 0.6 is 12.6 Å². The lowest BCUT2D eigenvalue weighted by Gasteiger charge is -2.37. The van der Waals surface area contributed by atoms with Gasteiger partial charge in [0.15, 0.2) is 0 Å². The highest BCUT2D eigenvalue weighted by atomic mass is 32.1. The zero-order valence-corrected chi connectivity index (χ0v) is 22.3. The zero-order valence-electron chi connectivity index (χ0n) is 21.4. The summed E-state index contributed by atoms with van der Waals surface area (Å²) < 4.78 is 0.218. The van der Waals surface area contributed by atoms with E-state index in [1.54, 1.807) is 0 Å². The van der Waals surface area contributed by atoms with E-state index in [9.17, 15) is 0 Å². The molecule has 0 amide bonds. The van der Waals surface area contributed by atoms with Gasteiger partial charge in [0.2, 0.25) is 0 Å². The van der Waals surface area contributed by atoms with E-state index in [-0.39, 0.29) is 4.75 Å². The summed E-state index contributed by atoms with van der Waals surface area (Å²) in [5, 5.41) is 0. The number of hydrogen-bond donors (Lipinski definition) is 1. The van der Waals surface area contributed by atoms with E-state index in [2.05, 4.69) is 76.2 Å². The summed E-state index contributed by atoms with van der Waals surface area (Å²) >= 11 is 5.01. The van der Waals surface area contributed by atoms with Crippen LogP contribution in [0.2, 0.25) is 0 Å². The molecule has 1 heteroatoms. The Labute approximate surface area is 184 Å². The largest absolute Gasteiger partial charge is 0.172 e. The minimum absolute atomic E-state index is 0.218. The van der Waals surface area contributed by atoms with E-state index in [0.717, 1.165) is 23.7 Å². The van der Waals surface area contributed by atoms with E-state index in [1.807, 2.05) is 0 Å². The second kappa shape index (κ2) is 9.65. The molecule has 0 spiro atoms. The first kappa shape index (κ1) is 26.4. The Balaban J connectivity index is 2.57. The Kier molecular flexibility index (Phi) is 9.10. The molecule has 0 aliphatic heterocycles. The van der Waals surface area contributed by atoms with Crippen LogP contribution in [0.4, 0.5) is 0 Å². The van der Waals surface area contributed by atoms with E-state index in [0.29, 0.717) is 16.2 Å². The van der Waals surface area contributed by atoms with E-state index in [1.165, 1.54) is 51.4 Å². The molecule has 0 bridgehead atoms. The van der Waals surface area contributed by atoms with Crippen LogP contribution < -0.4 is 0 Å². The van der Waals surface area contributed by atoms with Crippen molar-refractivity contribution in [2.24, 2.45) is 39.9 Å². The van der Waals surface area contributed by atoms with Crippen LogP contribution in [0.3, 0.4) is 0 Å². The van der Waals surface area contributed by atoms with Gasteiger partial charge in [-0.15, -0.1) is 0 Å². The molecule has 0 nitrogen and oxygen atoms in total. The molecule has 5 unspecified atom stereocenters. The summed E-state index contributed by atoms with van der Waals surface area (Å²) in [6, 6.07) is 0. The molecule has 0 N–H and O–H groups in total. The van der Waals surface area contributed by atoms with Gasteiger partial charge in [0.1, 0.15) is 0 Å². The van der Waals surface area contributed by atoms with Gasteiger partial charge in [-0.2, -0.15) is 12.6 Å². The Morgan fingerprint density at radius 1 is 0.857 bits per heavy atom. The second-order valence-electron chi connectivity index (χ2n) is 13.3. The smallest absolute Gasteiger partial charge is 0.0132 e. The molecule has 28 heavy (non-hydrogen) atoms. The van der Waals surface area contributed by atoms with Crippen LogP contribution in [0.1, 0.15) is 128 Å². The average Bonchev–Trinajstić information content (AvgIpc) is 2.75. The van der Waals surface area contributed by atoms with Gasteiger partial charge >= 0.3 is 0 Å². The molecule has 0 saturated heterocycles. The second-order valence-corrected chi connectivity index (χ2v) is 14.3. The van der Waals surface area contributed by atoms with Gasteiger partial charge in [0.25, 0.3) is 0 Å². The molecule has 168 valence electrons. The first-order valence-electron chi connectivity index (χ1n) is 12.2. The summed E-state index contributed by atoms with van der Waals surface area (Å²) in [6.45, 7) is 27.0. The number of rotatable bonds is 11. The quantitative estimate of drug-likeness (QED) is 0.322. The lowest BCUT2D eigenvalue weighted by atomic mass is 9.69. The summed E-state index contributed by atoms with van der Waals surface area (Å²) in [5.41, 5.74) is 1.41. The molecule has 1 fully saturated rings. The lowest BCUT2D eigenvalue weighted by Crippen LogP contribution is -2.25. The number of hydrogen-bond acceptors (Lipinski definition) is 1. The van der Waals surface area contributed by atoms with Crippen molar-refractivity contribution in [1.29, 1.82) is 0 Å². The maximum Gasteiger partial charge on any atom is 0.0132 e. The first-order chi connectivity index (χ1) is 12.5. The average molecular weight is 411 g/mol. The first-order valence-corrected chi connectivity index (χ1v) is 12.7. The highest BCUT2D eigenvalue weighted by Gasteiger charge is 2.46. The predicted molar refractivity (Wildman–Crippen MR) is 132 cm³/mol. The topological polar surface area (TPSA) is 0 Å². The van der Waals surface area contributed by atoms with Crippen LogP contribution in [0, 0.1) is 39.9 Å². The van der Waals surface area contributed by atoms with Crippen molar-refractivity contribution in [2.75, 3.05) is 0 Å². The minimum Gasteiger partial charge on any atom is -0.172 e. The molecule has 0 aromatic carbocycles. The Morgan fingerprint density at radius 3 is 1.68 bits per heavy atom. The van der Waals surface area contributed by atoms with Crippen molar-refractivity contribution in [3.8, 4) is 0 Å². The predicted octanol–water partition coefficient (Wildman–Crippen LogP) is 9.43. The Hall–Kier alpha value is 0.350. The normalized spacial score (nSPS) is 30.6. The van der Waals surface area contributed by atoms with Crippen molar-refractivity contribution in [3.05, 3.63) is 0 Å². The zero-order chi connectivity index (χ0) is 22.0. The maximum atomic E-state index is 5.01. The third-order valence-corrected chi connectivity index (χ3v) is 9.17. The lowest BCUT2D eigenvalue weighted by molar-refractivity contribution is 0.145. The number of thiol groups is 1. The fourth-order valence-corrected chi connectivity index (χ4v) is 6.36. The monoisotopic (exact) mass is 410 g/mol. The standard InChI is InChI=1S/C27H54S/c1-12-13-24(5,6)14-15-25(7,8)16-17-26(9,10)18-20(2)23-19-27(11,28)22(4)21(23)3/h20-23,28H,12-19H2,1-11H3. The van der Waals surface area contributed by atoms with Gasteiger partial charge in [-0.1, -0.05) is 82.6 Å². The molecule has 0 aromatic rings. The van der Waals surface area contributed by atoms with Crippen LogP contribution in [0.15, 0.2) is 0 Å². The van der Waals surface area contributed by atoms with Crippen LogP contribution in [0.5, 0.6) is 0 Å². The summed E-state index contributed by atoms with van der Waals surface area (Å²) in [5.74, 6) is 3.15. The van der Waals surface area contributed by atoms with Gasteiger partial charge in [0, 0.05) is 4.75 Å². The van der Waals surface area contributed by atoms with E-state index >= 15 is 0 Å². The van der Waals surface area contributed by atoms with Crippen molar-refractivity contribution in [2.45, 2.75) is 132 Å². The Morgan fingerprint density at radius 2 is 1.29 bits per heavy atom. The molecule has 1 rings (SSSR count). The van der Waals surface area contributed by atoms with Gasteiger partial charge in [0.05, 0.1) is 0 Å². The fraction of sp³-hybridized carbons (Fsp3) is 1.00. The molecule has 0 radical (unpaired) electrons. The molecule has 0 aromatic heterocycles. The van der Waals surface area contributed by atoms with Gasteiger partial charge in [-0.3, -0.25) is 0 Å². The highest BCUT2D eigenvalue weighted by molar-refractivity contribution is 7.81. The summed E-state index contributed by atoms with van der Waals surface area (Å²) in [7, 11) is 0. The van der Waals surface area contributed by atoms with Crippen LogP contribution in [0.25, 0.3) is 0 Å². The molecule has 1 aliphatic rings.